The van der Waals surface area contributed by atoms with E-state index in [-0.39, 0.29) is 23.6 Å². The second-order valence-corrected chi connectivity index (χ2v) is 6.34. The van der Waals surface area contributed by atoms with Gasteiger partial charge in [-0.25, -0.2) is 8.42 Å². The minimum absolute atomic E-state index is 0.0145. The summed E-state index contributed by atoms with van der Waals surface area (Å²) in [6, 6.07) is -0.0145. The van der Waals surface area contributed by atoms with Gasteiger partial charge in [0.2, 0.25) is 5.91 Å². The minimum Gasteiger partial charge on any atom is -0.370 e. The molecule has 0 spiro atoms. The molecular weight excluding hydrogens is 216 g/mol. The Morgan fingerprint density at radius 1 is 1.47 bits per heavy atom. The highest BCUT2D eigenvalue weighted by atomic mass is 32.2. The molecule has 0 aliphatic heterocycles. The summed E-state index contributed by atoms with van der Waals surface area (Å²) in [6.07, 6.45) is 4.02. The highest BCUT2D eigenvalue weighted by Crippen LogP contribution is 2.24. The van der Waals surface area contributed by atoms with Gasteiger partial charge in [0.25, 0.3) is 0 Å². The number of primary amides is 1. The average molecular weight is 234 g/mol. The van der Waals surface area contributed by atoms with Gasteiger partial charge in [0, 0.05) is 25.3 Å². The molecule has 2 unspecified atom stereocenters. The normalized spacial score (nSPS) is 26.7. The number of carbonyl (C=O) groups is 1. The summed E-state index contributed by atoms with van der Waals surface area (Å²) in [6.45, 7) is 0.464. The van der Waals surface area contributed by atoms with Gasteiger partial charge in [0.15, 0.2) is 9.84 Å². The molecule has 0 heterocycles. The number of sulfone groups is 1. The first-order valence-corrected chi connectivity index (χ1v) is 7.07. The molecule has 2 atom stereocenters. The Morgan fingerprint density at radius 3 is 2.67 bits per heavy atom. The first-order chi connectivity index (χ1) is 6.91. The fourth-order valence-corrected chi connectivity index (χ4v) is 3.48. The SMILES string of the molecule is CS(=O)(=O)C1CCCC1NCCC(N)=O. The van der Waals surface area contributed by atoms with Crippen LogP contribution in [0.1, 0.15) is 25.7 Å². The number of rotatable bonds is 5. The number of hydrogen-bond donors (Lipinski definition) is 2. The summed E-state index contributed by atoms with van der Waals surface area (Å²) in [5.41, 5.74) is 5.00. The second kappa shape index (κ2) is 4.94. The van der Waals surface area contributed by atoms with Crippen molar-refractivity contribution in [1.29, 1.82) is 0 Å². The van der Waals surface area contributed by atoms with E-state index in [4.69, 9.17) is 5.73 Å². The van der Waals surface area contributed by atoms with E-state index >= 15 is 0 Å². The lowest BCUT2D eigenvalue weighted by atomic mass is 10.2. The van der Waals surface area contributed by atoms with Gasteiger partial charge < -0.3 is 11.1 Å². The molecule has 0 aromatic heterocycles. The van der Waals surface area contributed by atoms with E-state index in [1.165, 1.54) is 6.26 Å². The number of nitrogens with one attached hydrogen (secondary N) is 1. The van der Waals surface area contributed by atoms with E-state index in [0.29, 0.717) is 13.0 Å². The average Bonchev–Trinajstić information content (AvgIpc) is 2.50. The number of hydrogen-bond acceptors (Lipinski definition) is 4. The van der Waals surface area contributed by atoms with Crippen molar-refractivity contribution < 1.29 is 13.2 Å². The Labute approximate surface area is 90.3 Å². The van der Waals surface area contributed by atoms with Crippen molar-refractivity contribution >= 4 is 15.7 Å². The molecule has 1 amide bonds. The van der Waals surface area contributed by atoms with Gasteiger partial charge in [-0.1, -0.05) is 6.42 Å². The van der Waals surface area contributed by atoms with Crippen molar-refractivity contribution in [3.63, 3.8) is 0 Å². The zero-order valence-corrected chi connectivity index (χ0v) is 9.72. The van der Waals surface area contributed by atoms with Crippen LogP contribution in [0.2, 0.25) is 0 Å². The highest BCUT2D eigenvalue weighted by molar-refractivity contribution is 7.91. The molecule has 0 aromatic carbocycles. The van der Waals surface area contributed by atoms with Crippen LogP contribution in [0.4, 0.5) is 0 Å². The topological polar surface area (TPSA) is 89.3 Å². The third-order valence-electron chi connectivity index (χ3n) is 2.78. The van der Waals surface area contributed by atoms with Crippen molar-refractivity contribution in [1.82, 2.24) is 5.32 Å². The third-order valence-corrected chi connectivity index (χ3v) is 4.44. The lowest BCUT2D eigenvalue weighted by Gasteiger charge is -2.18. The zero-order valence-electron chi connectivity index (χ0n) is 8.90. The van der Waals surface area contributed by atoms with Crippen LogP contribution in [-0.2, 0) is 14.6 Å². The monoisotopic (exact) mass is 234 g/mol. The molecule has 1 saturated carbocycles. The molecule has 0 bridgehead atoms. The molecular formula is C9H18N2O3S. The predicted octanol–water partition coefficient (Wildman–Crippen LogP) is -0.583. The Kier molecular flexibility index (Phi) is 4.10. The van der Waals surface area contributed by atoms with Gasteiger partial charge >= 0.3 is 0 Å². The quantitative estimate of drug-likeness (QED) is 0.666. The number of amides is 1. The van der Waals surface area contributed by atoms with Gasteiger partial charge in [-0.3, -0.25) is 4.79 Å². The lowest BCUT2D eigenvalue weighted by Crippen LogP contribution is -2.41. The largest absolute Gasteiger partial charge is 0.370 e. The van der Waals surface area contributed by atoms with Gasteiger partial charge in [-0.2, -0.15) is 0 Å². The van der Waals surface area contributed by atoms with E-state index in [9.17, 15) is 13.2 Å². The molecule has 1 aliphatic carbocycles. The molecule has 1 aliphatic rings. The maximum absolute atomic E-state index is 11.4. The first kappa shape index (κ1) is 12.4. The van der Waals surface area contributed by atoms with Crippen LogP contribution in [0.25, 0.3) is 0 Å². The van der Waals surface area contributed by atoms with E-state index in [2.05, 4.69) is 5.32 Å². The van der Waals surface area contributed by atoms with Crippen LogP contribution in [0, 0.1) is 0 Å². The van der Waals surface area contributed by atoms with Gasteiger partial charge in [0.1, 0.15) is 0 Å². The fraction of sp³-hybridized carbons (Fsp3) is 0.889. The molecule has 88 valence electrons. The molecule has 6 heteroatoms. The van der Waals surface area contributed by atoms with Crippen molar-refractivity contribution in [2.45, 2.75) is 37.0 Å². The molecule has 3 N–H and O–H groups in total. The Balaban J connectivity index is 2.44. The van der Waals surface area contributed by atoms with Gasteiger partial charge in [0.05, 0.1) is 5.25 Å². The first-order valence-electron chi connectivity index (χ1n) is 5.12. The number of carbonyl (C=O) groups excluding carboxylic acids is 1. The zero-order chi connectivity index (χ0) is 11.5. The van der Waals surface area contributed by atoms with Gasteiger partial charge in [-0.05, 0) is 12.8 Å². The van der Waals surface area contributed by atoms with E-state index in [0.717, 1.165) is 12.8 Å². The molecule has 15 heavy (non-hydrogen) atoms. The second-order valence-electron chi connectivity index (χ2n) is 4.08. The minimum atomic E-state index is -2.98. The summed E-state index contributed by atoms with van der Waals surface area (Å²) < 4.78 is 22.8. The summed E-state index contributed by atoms with van der Waals surface area (Å²) in [7, 11) is -2.98. The lowest BCUT2D eigenvalue weighted by molar-refractivity contribution is -0.117. The third kappa shape index (κ3) is 3.79. The van der Waals surface area contributed by atoms with Crippen LogP contribution in [0.3, 0.4) is 0 Å². The van der Waals surface area contributed by atoms with Crippen molar-refractivity contribution in [2.24, 2.45) is 5.73 Å². The smallest absolute Gasteiger partial charge is 0.218 e. The Bertz CT molecular complexity index is 326. The molecule has 1 fully saturated rings. The fourth-order valence-electron chi connectivity index (χ4n) is 2.05. The van der Waals surface area contributed by atoms with Crippen LogP contribution in [-0.4, -0.2) is 38.4 Å². The Morgan fingerprint density at radius 2 is 2.13 bits per heavy atom. The molecule has 0 saturated heterocycles. The van der Waals surface area contributed by atoms with E-state index in [1.807, 2.05) is 0 Å². The van der Waals surface area contributed by atoms with Crippen LogP contribution >= 0.6 is 0 Å². The maximum atomic E-state index is 11.4. The molecule has 1 rings (SSSR count). The van der Waals surface area contributed by atoms with Gasteiger partial charge in [-0.15, -0.1) is 0 Å². The summed E-state index contributed by atoms with van der Waals surface area (Å²) in [5.74, 6) is -0.364. The molecule has 5 nitrogen and oxygen atoms in total. The summed E-state index contributed by atoms with van der Waals surface area (Å²) >= 11 is 0. The van der Waals surface area contributed by atoms with Crippen molar-refractivity contribution in [2.75, 3.05) is 12.8 Å². The molecule has 0 aromatic rings. The molecule has 0 radical (unpaired) electrons. The van der Waals surface area contributed by atoms with Crippen LogP contribution < -0.4 is 11.1 Å². The van der Waals surface area contributed by atoms with Crippen molar-refractivity contribution in [3.05, 3.63) is 0 Å². The number of nitrogens with two attached hydrogens (primary N) is 1. The highest BCUT2D eigenvalue weighted by Gasteiger charge is 2.34. The van der Waals surface area contributed by atoms with E-state index < -0.39 is 9.84 Å². The van der Waals surface area contributed by atoms with Crippen LogP contribution in [0.15, 0.2) is 0 Å². The summed E-state index contributed by atoms with van der Waals surface area (Å²) in [5, 5.41) is 2.79. The predicted molar refractivity (Wildman–Crippen MR) is 58.1 cm³/mol. The maximum Gasteiger partial charge on any atom is 0.218 e. The Hall–Kier alpha value is -0.620. The van der Waals surface area contributed by atoms with Crippen LogP contribution in [0.5, 0.6) is 0 Å². The summed E-state index contributed by atoms with van der Waals surface area (Å²) in [4.78, 5) is 10.5. The van der Waals surface area contributed by atoms with Crippen molar-refractivity contribution in [3.8, 4) is 0 Å². The standard InChI is InChI=1S/C9H18N2O3S/c1-15(13,14)8-4-2-3-7(8)11-6-5-9(10)12/h7-8,11H,2-6H2,1H3,(H2,10,12). The van der Waals surface area contributed by atoms with E-state index in [1.54, 1.807) is 0 Å².